The molecule has 1 atom stereocenters. The maximum absolute atomic E-state index is 5.46. The van der Waals surface area contributed by atoms with Crippen LogP contribution in [0.1, 0.15) is 29.5 Å². The lowest BCUT2D eigenvalue weighted by Crippen LogP contribution is -2.40. The molecule has 1 aliphatic rings. The van der Waals surface area contributed by atoms with E-state index in [1.165, 1.54) is 16.7 Å². The van der Waals surface area contributed by atoms with Crippen molar-refractivity contribution in [1.29, 1.82) is 0 Å². The van der Waals surface area contributed by atoms with Crippen molar-refractivity contribution in [3.05, 3.63) is 59.3 Å². The summed E-state index contributed by atoms with van der Waals surface area (Å²) < 4.78 is 5.46. The van der Waals surface area contributed by atoms with E-state index in [4.69, 9.17) is 4.74 Å². The van der Waals surface area contributed by atoms with Crippen molar-refractivity contribution in [2.75, 3.05) is 44.8 Å². The van der Waals surface area contributed by atoms with Crippen molar-refractivity contribution in [1.82, 2.24) is 15.6 Å². The monoisotopic (exact) mass is 381 g/mol. The standard InChI is InChI=1S/C22H31N5O/c1-17-6-8-19(9-7-17)18(2)15-25-22(23-3)26-16-20-5-4-10-24-21(20)27-11-13-28-14-12-27/h4-10,18H,11-16H2,1-3H3,(H2,23,25,26). The first kappa shape index (κ1) is 20.1. The van der Waals surface area contributed by atoms with Crippen molar-refractivity contribution >= 4 is 11.8 Å². The summed E-state index contributed by atoms with van der Waals surface area (Å²) in [5, 5.41) is 6.86. The van der Waals surface area contributed by atoms with E-state index in [1.807, 2.05) is 12.3 Å². The first-order valence-corrected chi connectivity index (χ1v) is 9.95. The van der Waals surface area contributed by atoms with Gasteiger partial charge in [-0.15, -0.1) is 0 Å². The SMILES string of the molecule is CN=C(NCc1cccnc1N1CCOCC1)NCC(C)c1ccc(C)cc1. The van der Waals surface area contributed by atoms with E-state index in [9.17, 15) is 0 Å². The lowest BCUT2D eigenvalue weighted by molar-refractivity contribution is 0.122. The molecule has 1 aromatic heterocycles. The second-order valence-electron chi connectivity index (χ2n) is 7.20. The van der Waals surface area contributed by atoms with Gasteiger partial charge >= 0.3 is 0 Å². The van der Waals surface area contributed by atoms with Crippen molar-refractivity contribution in [2.24, 2.45) is 4.99 Å². The smallest absolute Gasteiger partial charge is 0.191 e. The van der Waals surface area contributed by atoms with Crippen LogP contribution in [0.3, 0.4) is 0 Å². The lowest BCUT2D eigenvalue weighted by Gasteiger charge is -2.29. The quantitative estimate of drug-likeness (QED) is 0.595. The number of ether oxygens (including phenoxy) is 1. The molecule has 1 aliphatic heterocycles. The maximum atomic E-state index is 5.46. The second kappa shape index (κ2) is 10.1. The molecule has 1 aromatic carbocycles. The third-order valence-corrected chi connectivity index (χ3v) is 5.07. The third-order valence-electron chi connectivity index (χ3n) is 5.07. The van der Waals surface area contributed by atoms with Crippen LogP contribution in [0.5, 0.6) is 0 Å². The fraction of sp³-hybridized carbons (Fsp3) is 0.455. The summed E-state index contributed by atoms with van der Waals surface area (Å²) in [5.41, 5.74) is 3.78. The minimum Gasteiger partial charge on any atom is -0.378 e. The summed E-state index contributed by atoms with van der Waals surface area (Å²) >= 11 is 0. The van der Waals surface area contributed by atoms with Gasteiger partial charge in [-0.3, -0.25) is 4.99 Å². The molecular weight excluding hydrogens is 350 g/mol. The number of morpholine rings is 1. The highest BCUT2D eigenvalue weighted by Gasteiger charge is 2.16. The van der Waals surface area contributed by atoms with Crippen molar-refractivity contribution < 1.29 is 4.74 Å². The van der Waals surface area contributed by atoms with E-state index >= 15 is 0 Å². The predicted molar refractivity (Wildman–Crippen MR) is 115 cm³/mol. The number of rotatable bonds is 6. The zero-order valence-corrected chi connectivity index (χ0v) is 17.1. The highest BCUT2D eigenvalue weighted by Crippen LogP contribution is 2.18. The van der Waals surface area contributed by atoms with Crippen LogP contribution < -0.4 is 15.5 Å². The third kappa shape index (κ3) is 5.45. The number of guanidine groups is 1. The van der Waals surface area contributed by atoms with Crippen LogP contribution in [0, 0.1) is 6.92 Å². The molecule has 28 heavy (non-hydrogen) atoms. The Balaban J connectivity index is 1.55. The summed E-state index contributed by atoms with van der Waals surface area (Å²) in [5.74, 6) is 2.24. The molecule has 3 rings (SSSR count). The summed E-state index contributed by atoms with van der Waals surface area (Å²) in [6.45, 7) is 9.11. The highest BCUT2D eigenvalue weighted by molar-refractivity contribution is 5.79. The Labute approximate surface area is 168 Å². The molecule has 0 bridgehead atoms. The normalized spacial score (nSPS) is 16.0. The topological polar surface area (TPSA) is 61.8 Å². The van der Waals surface area contributed by atoms with Crippen molar-refractivity contribution in [3.8, 4) is 0 Å². The number of anilines is 1. The van der Waals surface area contributed by atoms with E-state index in [0.717, 1.165) is 44.6 Å². The Morgan fingerprint density at radius 1 is 1.18 bits per heavy atom. The molecule has 1 fully saturated rings. The molecule has 1 saturated heterocycles. The number of benzene rings is 1. The molecule has 2 aromatic rings. The van der Waals surface area contributed by atoms with E-state index in [0.29, 0.717) is 12.5 Å². The number of aliphatic imine (C=N–C) groups is 1. The van der Waals surface area contributed by atoms with Crippen LogP contribution in [0.2, 0.25) is 0 Å². The molecule has 0 saturated carbocycles. The Bertz CT molecular complexity index is 769. The summed E-state index contributed by atoms with van der Waals surface area (Å²) in [6, 6.07) is 12.8. The Morgan fingerprint density at radius 2 is 1.93 bits per heavy atom. The summed E-state index contributed by atoms with van der Waals surface area (Å²) in [7, 11) is 1.80. The first-order valence-electron chi connectivity index (χ1n) is 9.95. The molecule has 2 heterocycles. The number of hydrogen-bond acceptors (Lipinski definition) is 4. The molecule has 150 valence electrons. The number of nitrogens with one attached hydrogen (secondary N) is 2. The number of hydrogen-bond donors (Lipinski definition) is 2. The average molecular weight is 382 g/mol. The van der Waals surface area contributed by atoms with Gasteiger partial charge in [0.1, 0.15) is 5.82 Å². The zero-order chi connectivity index (χ0) is 19.8. The number of aryl methyl sites for hydroxylation is 1. The molecular formula is C22H31N5O. The van der Waals surface area contributed by atoms with Gasteiger partial charge in [-0.1, -0.05) is 42.8 Å². The molecule has 0 amide bonds. The lowest BCUT2D eigenvalue weighted by atomic mass is 10.0. The van der Waals surface area contributed by atoms with E-state index in [2.05, 4.69) is 69.7 Å². The molecule has 6 heteroatoms. The predicted octanol–water partition coefficient (Wildman–Crippen LogP) is 2.70. The van der Waals surface area contributed by atoms with Gasteiger partial charge in [0, 0.05) is 45.0 Å². The van der Waals surface area contributed by atoms with Gasteiger partial charge in [0.2, 0.25) is 0 Å². The van der Waals surface area contributed by atoms with E-state index in [1.54, 1.807) is 7.05 Å². The van der Waals surface area contributed by atoms with E-state index in [-0.39, 0.29) is 0 Å². The fourth-order valence-electron chi connectivity index (χ4n) is 3.29. The minimum atomic E-state index is 0.404. The van der Waals surface area contributed by atoms with Crippen LogP contribution in [0.4, 0.5) is 5.82 Å². The van der Waals surface area contributed by atoms with Crippen LogP contribution >= 0.6 is 0 Å². The number of aromatic nitrogens is 1. The van der Waals surface area contributed by atoms with Gasteiger partial charge in [0.05, 0.1) is 13.2 Å². The van der Waals surface area contributed by atoms with Gasteiger partial charge < -0.3 is 20.3 Å². The van der Waals surface area contributed by atoms with Gasteiger partial charge in [-0.2, -0.15) is 0 Å². The molecule has 2 N–H and O–H groups in total. The average Bonchev–Trinajstić information content (AvgIpc) is 2.75. The van der Waals surface area contributed by atoms with E-state index < -0.39 is 0 Å². The van der Waals surface area contributed by atoms with Gasteiger partial charge in [0.25, 0.3) is 0 Å². The fourth-order valence-corrected chi connectivity index (χ4v) is 3.29. The Morgan fingerprint density at radius 3 is 2.64 bits per heavy atom. The number of nitrogens with zero attached hydrogens (tertiary/aromatic N) is 3. The minimum absolute atomic E-state index is 0.404. The van der Waals surface area contributed by atoms with Crippen LogP contribution in [0.25, 0.3) is 0 Å². The highest BCUT2D eigenvalue weighted by atomic mass is 16.5. The van der Waals surface area contributed by atoms with Crippen LogP contribution in [-0.4, -0.2) is 50.8 Å². The second-order valence-corrected chi connectivity index (χ2v) is 7.20. The van der Waals surface area contributed by atoms with Crippen LogP contribution in [-0.2, 0) is 11.3 Å². The van der Waals surface area contributed by atoms with Crippen molar-refractivity contribution in [2.45, 2.75) is 26.3 Å². The Hall–Kier alpha value is -2.60. The largest absolute Gasteiger partial charge is 0.378 e. The molecule has 6 nitrogen and oxygen atoms in total. The molecule has 0 aliphatic carbocycles. The van der Waals surface area contributed by atoms with Gasteiger partial charge in [0.15, 0.2) is 5.96 Å². The first-order chi connectivity index (χ1) is 13.7. The van der Waals surface area contributed by atoms with Gasteiger partial charge in [-0.05, 0) is 24.5 Å². The Kier molecular flexibility index (Phi) is 7.25. The molecule has 1 unspecified atom stereocenters. The van der Waals surface area contributed by atoms with Gasteiger partial charge in [-0.25, -0.2) is 4.98 Å². The summed E-state index contributed by atoms with van der Waals surface area (Å²) in [6.07, 6.45) is 1.85. The summed E-state index contributed by atoms with van der Waals surface area (Å²) in [4.78, 5) is 11.3. The molecule has 0 spiro atoms. The van der Waals surface area contributed by atoms with Crippen molar-refractivity contribution in [3.63, 3.8) is 0 Å². The van der Waals surface area contributed by atoms with Crippen LogP contribution in [0.15, 0.2) is 47.6 Å². The molecule has 0 radical (unpaired) electrons. The zero-order valence-electron chi connectivity index (χ0n) is 17.1. The maximum Gasteiger partial charge on any atom is 0.191 e. The number of pyridine rings is 1.